The molecule has 1 aliphatic heterocycles. The van der Waals surface area contributed by atoms with Gasteiger partial charge in [-0.05, 0) is 37.3 Å². The second kappa shape index (κ2) is 7.77. The third kappa shape index (κ3) is 4.57. The molecule has 1 saturated heterocycles. The highest BCUT2D eigenvalue weighted by molar-refractivity contribution is 5.92. The van der Waals surface area contributed by atoms with E-state index in [9.17, 15) is 4.79 Å². The molecule has 1 N–H and O–H groups in total. The molecule has 5 heteroatoms. The number of carbonyl (C=O) groups is 1. The summed E-state index contributed by atoms with van der Waals surface area (Å²) in [4.78, 5) is 14.7. The maximum absolute atomic E-state index is 12.7. The normalized spacial score (nSPS) is 18.9. The van der Waals surface area contributed by atoms with E-state index in [4.69, 9.17) is 0 Å². The van der Waals surface area contributed by atoms with E-state index in [1.165, 1.54) is 6.42 Å². The Morgan fingerprint density at radius 2 is 2.05 bits per heavy atom. The van der Waals surface area contributed by atoms with Crippen LogP contribution >= 0.6 is 0 Å². The average molecular weight is 306 g/mol. The van der Waals surface area contributed by atoms with Gasteiger partial charge in [0.15, 0.2) is 0 Å². The van der Waals surface area contributed by atoms with E-state index in [2.05, 4.69) is 38.1 Å². The Hall–Kier alpha value is -1.36. The number of carbonyl (C=O) groups excluding carboxylic acids is 1. The van der Waals surface area contributed by atoms with Crippen molar-refractivity contribution >= 4 is 5.91 Å². The molecule has 1 aliphatic rings. The Balaban J connectivity index is 2.07. The number of nitrogens with zero attached hydrogens (tertiary/aromatic N) is 3. The zero-order valence-electron chi connectivity index (χ0n) is 14.4. The molecule has 0 saturated carbocycles. The van der Waals surface area contributed by atoms with Gasteiger partial charge in [-0.2, -0.15) is 5.10 Å². The van der Waals surface area contributed by atoms with Gasteiger partial charge in [0, 0.05) is 25.8 Å². The van der Waals surface area contributed by atoms with E-state index in [1.54, 1.807) is 0 Å². The summed E-state index contributed by atoms with van der Waals surface area (Å²) in [5.74, 6) is 0.990. The van der Waals surface area contributed by atoms with Crippen molar-refractivity contribution < 1.29 is 4.79 Å². The van der Waals surface area contributed by atoms with Gasteiger partial charge in [-0.3, -0.25) is 9.48 Å². The predicted molar refractivity (Wildman–Crippen MR) is 88.9 cm³/mol. The van der Waals surface area contributed by atoms with Crippen LogP contribution in [0, 0.1) is 11.8 Å². The summed E-state index contributed by atoms with van der Waals surface area (Å²) >= 11 is 0. The molecule has 0 spiro atoms. The number of rotatable bonds is 6. The molecular formula is C17H30N4O. The number of amides is 1. The lowest BCUT2D eigenvalue weighted by atomic mass is 10.1. The second-order valence-electron chi connectivity index (χ2n) is 7.18. The minimum Gasteiger partial charge on any atom is -0.337 e. The summed E-state index contributed by atoms with van der Waals surface area (Å²) < 4.78 is 1.96. The first-order valence-electron chi connectivity index (χ1n) is 8.52. The summed E-state index contributed by atoms with van der Waals surface area (Å²) in [6.07, 6.45) is 4.25. The summed E-state index contributed by atoms with van der Waals surface area (Å²) in [5.41, 5.74) is 0.576. The lowest BCUT2D eigenvalue weighted by Crippen LogP contribution is -2.37. The lowest BCUT2D eigenvalue weighted by molar-refractivity contribution is 0.0707. The molecule has 1 unspecified atom stereocenters. The van der Waals surface area contributed by atoms with Crippen LogP contribution in [0.25, 0.3) is 0 Å². The molecule has 5 nitrogen and oxygen atoms in total. The number of aromatic nitrogens is 2. The van der Waals surface area contributed by atoms with Crippen LogP contribution in [0.2, 0.25) is 0 Å². The molecule has 0 radical (unpaired) electrons. The molecule has 1 aromatic heterocycles. The van der Waals surface area contributed by atoms with Gasteiger partial charge in [-0.25, -0.2) is 0 Å². The summed E-state index contributed by atoms with van der Waals surface area (Å²) in [5, 5.41) is 7.95. The SMILES string of the molecule is CC(C)CN(CC(C)C)C(=O)c1ccn(C2CCCNC2)n1. The monoisotopic (exact) mass is 306 g/mol. The smallest absolute Gasteiger partial charge is 0.274 e. The summed E-state index contributed by atoms with van der Waals surface area (Å²) in [6, 6.07) is 2.24. The second-order valence-corrected chi connectivity index (χ2v) is 7.18. The fourth-order valence-electron chi connectivity index (χ4n) is 3.00. The van der Waals surface area contributed by atoms with E-state index < -0.39 is 0 Å². The van der Waals surface area contributed by atoms with Crippen molar-refractivity contribution in [3.63, 3.8) is 0 Å². The summed E-state index contributed by atoms with van der Waals surface area (Å²) in [7, 11) is 0. The Morgan fingerprint density at radius 1 is 1.36 bits per heavy atom. The molecule has 22 heavy (non-hydrogen) atoms. The fourth-order valence-corrected chi connectivity index (χ4v) is 3.00. The van der Waals surface area contributed by atoms with E-state index >= 15 is 0 Å². The quantitative estimate of drug-likeness (QED) is 0.879. The zero-order valence-corrected chi connectivity index (χ0v) is 14.4. The molecule has 1 aromatic rings. The van der Waals surface area contributed by atoms with Gasteiger partial charge in [0.1, 0.15) is 5.69 Å². The van der Waals surface area contributed by atoms with E-state index in [1.807, 2.05) is 21.8 Å². The van der Waals surface area contributed by atoms with Gasteiger partial charge in [0.2, 0.25) is 0 Å². The van der Waals surface area contributed by atoms with Crippen LogP contribution in [0.3, 0.4) is 0 Å². The number of nitrogens with one attached hydrogen (secondary N) is 1. The maximum Gasteiger partial charge on any atom is 0.274 e. The van der Waals surface area contributed by atoms with Crippen molar-refractivity contribution in [2.45, 2.75) is 46.6 Å². The highest BCUT2D eigenvalue weighted by Gasteiger charge is 2.22. The lowest BCUT2D eigenvalue weighted by Gasteiger charge is -2.26. The van der Waals surface area contributed by atoms with Crippen molar-refractivity contribution in [1.29, 1.82) is 0 Å². The van der Waals surface area contributed by atoms with Crippen LogP contribution in [0.5, 0.6) is 0 Å². The predicted octanol–water partition coefficient (Wildman–Crippen LogP) is 2.56. The third-order valence-corrected chi connectivity index (χ3v) is 3.93. The first-order chi connectivity index (χ1) is 10.5. The third-order valence-electron chi connectivity index (χ3n) is 3.93. The molecule has 0 bridgehead atoms. The molecule has 2 rings (SSSR count). The number of hydrogen-bond donors (Lipinski definition) is 1. The van der Waals surface area contributed by atoms with Crippen LogP contribution in [0.4, 0.5) is 0 Å². The standard InChI is InChI=1S/C17H30N4O/c1-13(2)11-20(12-14(3)4)17(22)16-7-9-21(19-16)15-6-5-8-18-10-15/h7,9,13-15,18H,5-6,8,10-12H2,1-4H3. The van der Waals surface area contributed by atoms with Crippen molar-refractivity contribution in [3.05, 3.63) is 18.0 Å². The van der Waals surface area contributed by atoms with Crippen LogP contribution in [0.1, 0.15) is 57.1 Å². The van der Waals surface area contributed by atoms with Crippen LogP contribution in [0.15, 0.2) is 12.3 Å². The van der Waals surface area contributed by atoms with Gasteiger partial charge in [0.25, 0.3) is 5.91 Å². The van der Waals surface area contributed by atoms with Crippen molar-refractivity contribution in [2.75, 3.05) is 26.2 Å². The minimum absolute atomic E-state index is 0.0601. The topological polar surface area (TPSA) is 50.2 Å². The van der Waals surface area contributed by atoms with E-state index in [0.29, 0.717) is 23.6 Å². The van der Waals surface area contributed by atoms with E-state index in [0.717, 1.165) is 32.6 Å². The largest absolute Gasteiger partial charge is 0.337 e. The van der Waals surface area contributed by atoms with Crippen LogP contribution in [-0.4, -0.2) is 46.8 Å². The molecule has 1 atom stereocenters. The molecule has 124 valence electrons. The van der Waals surface area contributed by atoms with Crippen molar-refractivity contribution in [3.8, 4) is 0 Å². The average Bonchev–Trinajstić information content (AvgIpc) is 2.95. The van der Waals surface area contributed by atoms with Gasteiger partial charge in [0.05, 0.1) is 6.04 Å². The maximum atomic E-state index is 12.7. The molecule has 1 fully saturated rings. The first kappa shape index (κ1) is 17.0. The fraction of sp³-hybridized carbons (Fsp3) is 0.765. The molecule has 0 aromatic carbocycles. The zero-order chi connectivity index (χ0) is 16.1. The van der Waals surface area contributed by atoms with Crippen LogP contribution < -0.4 is 5.32 Å². The van der Waals surface area contributed by atoms with Gasteiger partial charge < -0.3 is 10.2 Å². The van der Waals surface area contributed by atoms with Gasteiger partial charge in [-0.15, -0.1) is 0 Å². The van der Waals surface area contributed by atoms with Crippen LogP contribution in [-0.2, 0) is 0 Å². The Bertz CT molecular complexity index is 465. The van der Waals surface area contributed by atoms with E-state index in [-0.39, 0.29) is 5.91 Å². The Kier molecular flexibility index (Phi) is 6.00. The molecule has 1 amide bonds. The van der Waals surface area contributed by atoms with Gasteiger partial charge >= 0.3 is 0 Å². The molecule has 2 heterocycles. The summed E-state index contributed by atoms with van der Waals surface area (Å²) in [6.45, 7) is 12.2. The first-order valence-corrected chi connectivity index (χ1v) is 8.52. The number of hydrogen-bond acceptors (Lipinski definition) is 3. The minimum atomic E-state index is 0.0601. The molecule has 0 aliphatic carbocycles. The van der Waals surface area contributed by atoms with Gasteiger partial charge in [-0.1, -0.05) is 27.7 Å². The number of piperidine rings is 1. The Morgan fingerprint density at radius 3 is 2.59 bits per heavy atom. The highest BCUT2D eigenvalue weighted by Crippen LogP contribution is 2.17. The Labute approximate surface area is 134 Å². The van der Waals surface area contributed by atoms with Crippen molar-refractivity contribution in [1.82, 2.24) is 20.0 Å². The highest BCUT2D eigenvalue weighted by atomic mass is 16.2. The van der Waals surface area contributed by atoms with Crippen molar-refractivity contribution in [2.24, 2.45) is 11.8 Å². The molecular weight excluding hydrogens is 276 g/mol.